The van der Waals surface area contributed by atoms with Crippen LogP contribution in [0.25, 0.3) is 0 Å². The zero-order valence-electron chi connectivity index (χ0n) is 11.3. The predicted octanol–water partition coefficient (Wildman–Crippen LogP) is 0.550. The molecule has 0 radical (unpaired) electrons. The molecule has 1 aromatic heterocycles. The number of hydrogen-bond acceptors (Lipinski definition) is 4. The average Bonchev–Trinajstić information content (AvgIpc) is 2.71. The van der Waals surface area contributed by atoms with Gasteiger partial charge in [-0.2, -0.15) is 5.10 Å². The summed E-state index contributed by atoms with van der Waals surface area (Å²) in [6.07, 6.45) is 1.39. The molecule has 6 heteroatoms. The molecule has 18 heavy (non-hydrogen) atoms. The van der Waals surface area contributed by atoms with Crippen LogP contribution in [0.5, 0.6) is 0 Å². The van der Waals surface area contributed by atoms with Gasteiger partial charge in [-0.25, -0.2) is 4.79 Å². The molecule has 0 saturated carbocycles. The van der Waals surface area contributed by atoms with Crippen molar-refractivity contribution in [3.05, 3.63) is 17.5 Å². The Labute approximate surface area is 108 Å². The lowest BCUT2D eigenvalue weighted by Gasteiger charge is -2.18. The average molecular weight is 254 g/mol. The zero-order chi connectivity index (χ0) is 13.5. The van der Waals surface area contributed by atoms with E-state index < -0.39 is 5.97 Å². The first-order valence-corrected chi connectivity index (χ1v) is 6.27. The molecule has 0 aliphatic heterocycles. The third-order valence-corrected chi connectivity index (χ3v) is 3.08. The lowest BCUT2D eigenvalue weighted by Crippen LogP contribution is -2.32. The quantitative estimate of drug-likeness (QED) is 0.663. The van der Waals surface area contributed by atoms with Gasteiger partial charge in [0.25, 0.3) is 0 Å². The molecule has 0 aromatic carbocycles. The molecule has 0 aliphatic carbocycles. The second-order valence-electron chi connectivity index (χ2n) is 4.14. The third-order valence-electron chi connectivity index (χ3n) is 3.08. The number of rotatable bonds is 8. The Morgan fingerprint density at radius 3 is 2.72 bits per heavy atom. The van der Waals surface area contributed by atoms with E-state index in [0.717, 1.165) is 26.2 Å². The van der Waals surface area contributed by atoms with Gasteiger partial charge < -0.3 is 15.3 Å². The summed E-state index contributed by atoms with van der Waals surface area (Å²) in [7, 11) is 1.76. The van der Waals surface area contributed by atoms with Crippen molar-refractivity contribution in [2.24, 2.45) is 7.05 Å². The molecular formula is C12H22N4O2. The molecule has 102 valence electrons. The summed E-state index contributed by atoms with van der Waals surface area (Å²) < 4.78 is 1.61. The topological polar surface area (TPSA) is 70.4 Å². The number of aryl methyl sites for hydroxylation is 1. The van der Waals surface area contributed by atoms with Gasteiger partial charge in [0, 0.05) is 26.7 Å². The van der Waals surface area contributed by atoms with Crippen LogP contribution in [-0.4, -0.2) is 51.9 Å². The number of nitrogens with one attached hydrogen (secondary N) is 1. The summed E-state index contributed by atoms with van der Waals surface area (Å²) in [6.45, 7) is 8.66. The van der Waals surface area contributed by atoms with Gasteiger partial charge in [-0.3, -0.25) is 4.68 Å². The maximum atomic E-state index is 11.0. The highest BCUT2D eigenvalue weighted by molar-refractivity contribution is 5.88. The molecule has 0 fully saturated rings. The molecule has 1 heterocycles. The highest BCUT2D eigenvalue weighted by Gasteiger charge is 2.14. The fourth-order valence-electron chi connectivity index (χ4n) is 1.83. The minimum absolute atomic E-state index is 0.271. The third kappa shape index (κ3) is 3.82. The van der Waals surface area contributed by atoms with Crippen molar-refractivity contribution in [3.63, 3.8) is 0 Å². The number of aromatic nitrogens is 2. The molecule has 0 amide bonds. The Balaban J connectivity index is 2.44. The van der Waals surface area contributed by atoms with Crippen LogP contribution in [-0.2, 0) is 13.6 Å². The fraction of sp³-hybridized carbons (Fsp3) is 0.667. The van der Waals surface area contributed by atoms with Crippen LogP contribution in [0.15, 0.2) is 6.20 Å². The summed E-state index contributed by atoms with van der Waals surface area (Å²) in [5.74, 6) is -0.927. The first-order valence-electron chi connectivity index (χ1n) is 6.27. The normalized spacial score (nSPS) is 11.1. The van der Waals surface area contributed by atoms with Crippen molar-refractivity contribution in [1.29, 1.82) is 0 Å². The van der Waals surface area contributed by atoms with E-state index in [-0.39, 0.29) is 5.56 Å². The van der Waals surface area contributed by atoms with Gasteiger partial charge in [0.05, 0.1) is 11.9 Å². The first-order chi connectivity index (χ1) is 8.60. The Hall–Kier alpha value is -1.40. The number of carboxylic acids is 1. The monoisotopic (exact) mass is 254 g/mol. The van der Waals surface area contributed by atoms with Crippen molar-refractivity contribution < 1.29 is 9.90 Å². The molecule has 2 N–H and O–H groups in total. The van der Waals surface area contributed by atoms with Crippen LogP contribution in [0.2, 0.25) is 0 Å². The number of aromatic carboxylic acids is 1. The molecule has 0 unspecified atom stereocenters. The molecule has 6 nitrogen and oxygen atoms in total. The first kappa shape index (κ1) is 14.7. The minimum Gasteiger partial charge on any atom is -0.478 e. The van der Waals surface area contributed by atoms with Crippen molar-refractivity contribution in [1.82, 2.24) is 20.0 Å². The number of carboxylic acid groups (broad SMARTS) is 1. The SMILES string of the molecule is CCN(CC)CCNCc1c(C(=O)O)cnn1C. The van der Waals surface area contributed by atoms with Gasteiger partial charge in [-0.15, -0.1) is 0 Å². The van der Waals surface area contributed by atoms with E-state index in [2.05, 4.69) is 29.2 Å². The second kappa shape index (κ2) is 7.13. The Morgan fingerprint density at radius 2 is 2.17 bits per heavy atom. The summed E-state index contributed by atoms with van der Waals surface area (Å²) in [5, 5.41) is 16.2. The Morgan fingerprint density at radius 1 is 1.50 bits per heavy atom. The lowest BCUT2D eigenvalue weighted by molar-refractivity contribution is 0.0695. The van der Waals surface area contributed by atoms with Crippen molar-refractivity contribution >= 4 is 5.97 Å². The minimum atomic E-state index is -0.927. The van der Waals surface area contributed by atoms with E-state index in [9.17, 15) is 4.79 Å². The number of nitrogens with zero attached hydrogens (tertiary/aromatic N) is 3. The zero-order valence-corrected chi connectivity index (χ0v) is 11.3. The van der Waals surface area contributed by atoms with Crippen LogP contribution >= 0.6 is 0 Å². The van der Waals surface area contributed by atoms with E-state index in [1.54, 1.807) is 11.7 Å². The summed E-state index contributed by atoms with van der Waals surface area (Å²) in [4.78, 5) is 13.3. The van der Waals surface area contributed by atoms with Crippen molar-refractivity contribution in [2.75, 3.05) is 26.2 Å². The molecule has 1 aromatic rings. The number of likely N-dealkylation sites (N-methyl/N-ethyl adjacent to an activating group) is 1. The Kier molecular flexibility index (Phi) is 5.80. The summed E-state index contributed by atoms with van der Waals surface area (Å²) in [6, 6.07) is 0. The van der Waals surface area contributed by atoms with E-state index in [1.165, 1.54) is 6.20 Å². The van der Waals surface area contributed by atoms with Gasteiger partial charge in [0.1, 0.15) is 5.56 Å². The molecule has 0 spiro atoms. The van der Waals surface area contributed by atoms with Crippen molar-refractivity contribution in [2.45, 2.75) is 20.4 Å². The largest absolute Gasteiger partial charge is 0.478 e. The Bertz CT molecular complexity index is 385. The number of hydrogen-bond donors (Lipinski definition) is 2. The standard InChI is InChI=1S/C12H22N4O2/c1-4-16(5-2)7-6-13-9-11-10(12(17)18)8-14-15(11)3/h8,13H,4-7,9H2,1-3H3,(H,17,18). The maximum absolute atomic E-state index is 11.0. The summed E-state index contributed by atoms with van der Waals surface area (Å²) in [5.41, 5.74) is 0.981. The molecule has 0 atom stereocenters. The summed E-state index contributed by atoms with van der Waals surface area (Å²) >= 11 is 0. The fourth-order valence-corrected chi connectivity index (χ4v) is 1.83. The van der Waals surface area contributed by atoms with Crippen LogP contribution in [0.4, 0.5) is 0 Å². The predicted molar refractivity (Wildman–Crippen MR) is 69.7 cm³/mol. The van der Waals surface area contributed by atoms with Crippen molar-refractivity contribution in [3.8, 4) is 0 Å². The molecule has 1 rings (SSSR count). The van der Waals surface area contributed by atoms with Crippen LogP contribution in [0.3, 0.4) is 0 Å². The van der Waals surface area contributed by atoms with E-state index >= 15 is 0 Å². The maximum Gasteiger partial charge on any atom is 0.339 e. The van der Waals surface area contributed by atoms with E-state index in [0.29, 0.717) is 12.2 Å². The molecular weight excluding hydrogens is 232 g/mol. The molecule has 0 bridgehead atoms. The van der Waals surface area contributed by atoms with Gasteiger partial charge in [-0.1, -0.05) is 13.8 Å². The van der Waals surface area contributed by atoms with Crippen LogP contribution in [0.1, 0.15) is 29.9 Å². The molecule has 0 aliphatic rings. The highest BCUT2D eigenvalue weighted by Crippen LogP contribution is 2.06. The molecule has 0 saturated heterocycles. The van der Waals surface area contributed by atoms with Gasteiger partial charge in [0.2, 0.25) is 0 Å². The van der Waals surface area contributed by atoms with E-state index in [4.69, 9.17) is 5.11 Å². The highest BCUT2D eigenvalue weighted by atomic mass is 16.4. The number of carbonyl (C=O) groups is 1. The van der Waals surface area contributed by atoms with Gasteiger partial charge in [0.15, 0.2) is 0 Å². The second-order valence-corrected chi connectivity index (χ2v) is 4.14. The van der Waals surface area contributed by atoms with Gasteiger partial charge >= 0.3 is 5.97 Å². The lowest BCUT2D eigenvalue weighted by atomic mass is 10.2. The van der Waals surface area contributed by atoms with Gasteiger partial charge in [-0.05, 0) is 13.1 Å². The van der Waals surface area contributed by atoms with Crippen LogP contribution < -0.4 is 5.32 Å². The van der Waals surface area contributed by atoms with E-state index in [1.807, 2.05) is 0 Å². The van der Waals surface area contributed by atoms with Crippen LogP contribution in [0, 0.1) is 0 Å². The smallest absolute Gasteiger partial charge is 0.339 e.